The van der Waals surface area contributed by atoms with E-state index in [1.54, 1.807) is 11.3 Å². The standard InChI is InChI=1S/C15H22N2OS/c1-6-7-18-11-8-10(4)13-14(12(11)9(2)3)19-15(16-5)17-13/h8-9H,6-7H2,1-5H3,(H,16,17). The first-order valence-corrected chi connectivity index (χ1v) is 7.64. The summed E-state index contributed by atoms with van der Waals surface area (Å²) in [5, 5.41) is 4.10. The fourth-order valence-electron chi connectivity index (χ4n) is 2.21. The molecule has 1 N–H and O–H groups in total. The van der Waals surface area contributed by atoms with Gasteiger partial charge in [0.2, 0.25) is 0 Å². The smallest absolute Gasteiger partial charge is 0.183 e. The fraction of sp³-hybridized carbons (Fsp3) is 0.533. The second-order valence-electron chi connectivity index (χ2n) is 5.06. The maximum atomic E-state index is 5.94. The van der Waals surface area contributed by atoms with E-state index in [9.17, 15) is 0 Å². The second kappa shape index (κ2) is 5.78. The van der Waals surface area contributed by atoms with Gasteiger partial charge in [0.05, 0.1) is 16.8 Å². The highest BCUT2D eigenvalue weighted by Crippen LogP contribution is 2.40. The van der Waals surface area contributed by atoms with Gasteiger partial charge in [-0.1, -0.05) is 32.1 Å². The van der Waals surface area contributed by atoms with E-state index >= 15 is 0 Å². The normalized spacial score (nSPS) is 11.3. The highest BCUT2D eigenvalue weighted by atomic mass is 32.1. The summed E-state index contributed by atoms with van der Waals surface area (Å²) in [6, 6.07) is 2.13. The van der Waals surface area contributed by atoms with Crippen molar-refractivity contribution in [2.45, 2.75) is 40.0 Å². The van der Waals surface area contributed by atoms with E-state index in [4.69, 9.17) is 4.74 Å². The SMILES string of the molecule is CCCOc1cc(C)c2nc(NC)sc2c1C(C)C. The van der Waals surface area contributed by atoms with E-state index in [1.807, 2.05) is 7.05 Å². The lowest BCUT2D eigenvalue weighted by atomic mass is 9.99. The van der Waals surface area contributed by atoms with Crippen LogP contribution in [0.2, 0.25) is 0 Å². The van der Waals surface area contributed by atoms with Crippen LogP contribution in [0.1, 0.15) is 44.2 Å². The van der Waals surface area contributed by atoms with Gasteiger partial charge in [0.15, 0.2) is 5.13 Å². The van der Waals surface area contributed by atoms with Gasteiger partial charge < -0.3 is 10.1 Å². The molecule has 0 saturated heterocycles. The number of benzene rings is 1. The number of anilines is 1. The Morgan fingerprint density at radius 3 is 2.74 bits per heavy atom. The number of aromatic nitrogens is 1. The summed E-state index contributed by atoms with van der Waals surface area (Å²) in [6.07, 6.45) is 1.03. The molecule has 19 heavy (non-hydrogen) atoms. The molecule has 2 rings (SSSR count). The molecule has 0 radical (unpaired) electrons. The van der Waals surface area contributed by atoms with Crippen molar-refractivity contribution in [1.82, 2.24) is 4.98 Å². The van der Waals surface area contributed by atoms with Crippen molar-refractivity contribution in [3.05, 3.63) is 17.2 Å². The zero-order valence-corrected chi connectivity index (χ0v) is 13.1. The average molecular weight is 278 g/mol. The van der Waals surface area contributed by atoms with Crippen LogP contribution in [0.15, 0.2) is 6.07 Å². The summed E-state index contributed by atoms with van der Waals surface area (Å²) in [6.45, 7) is 9.42. The molecule has 0 aliphatic carbocycles. The van der Waals surface area contributed by atoms with Crippen molar-refractivity contribution in [1.29, 1.82) is 0 Å². The highest BCUT2D eigenvalue weighted by Gasteiger charge is 2.18. The van der Waals surface area contributed by atoms with Crippen LogP contribution in [-0.4, -0.2) is 18.6 Å². The number of nitrogens with zero attached hydrogens (tertiary/aromatic N) is 1. The zero-order valence-electron chi connectivity index (χ0n) is 12.3. The van der Waals surface area contributed by atoms with E-state index in [0.29, 0.717) is 5.92 Å². The minimum Gasteiger partial charge on any atom is -0.493 e. The lowest BCUT2D eigenvalue weighted by molar-refractivity contribution is 0.313. The molecule has 104 valence electrons. The Morgan fingerprint density at radius 1 is 1.42 bits per heavy atom. The average Bonchev–Trinajstić information content (AvgIpc) is 2.80. The van der Waals surface area contributed by atoms with Crippen LogP contribution >= 0.6 is 11.3 Å². The van der Waals surface area contributed by atoms with Crippen LogP contribution in [0.5, 0.6) is 5.75 Å². The highest BCUT2D eigenvalue weighted by molar-refractivity contribution is 7.22. The van der Waals surface area contributed by atoms with Gasteiger partial charge in [0.1, 0.15) is 5.75 Å². The van der Waals surface area contributed by atoms with Crippen molar-refractivity contribution in [3.8, 4) is 5.75 Å². The molecule has 0 unspecified atom stereocenters. The monoisotopic (exact) mass is 278 g/mol. The maximum absolute atomic E-state index is 5.94. The summed E-state index contributed by atoms with van der Waals surface area (Å²) < 4.78 is 7.19. The molecule has 0 atom stereocenters. The molecule has 1 aromatic carbocycles. The molecule has 4 heteroatoms. The Hall–Kier alpha value is -1.29. The zero-order chi connectivity index (χ0) is 14.0. The summed E-state index contributed by atoms with van der Waals surface area (Å²) in [5.74, 6) is 1.45. The number of rotatable bonds is 5. The van der Waals surface area contributed by atoms with Crippen LogP contribution < -0.4 is 10.1 Å². The topological polar surface area (TPSA) is 34.1 Å². The van der Waals surface area contributed by atoms with Crippen molar-refractivity contribution >= 4 is 26.7 Å². The molecule has 0 aliphatic heterocycles. The Kier molecular flexibility index (Phi) is 4.30. The van der Waals surface area contributed by atoms with E-state index in [2.05, 4.69) is 44.1 Å². The lowest BCUT2D eigenvalue weighted by Gasteiger charge is -2.15. The Labute approximate surface area is 119 Å². The van der Waals surface area contributed by atoms with Gasteiger partial charge >= 0.3 is 0 Å². The van der Waals surface area contributed by atoms with Gasteiger partial charge in [0, 0.05) is 12.6 Å². The number of hydrogen-bond donors (Lipinski definition) is 1. The Balaban J connectivity index is 2.64. The predicted octanol–water partition coefficient (Wildman–Crippen LogP) is 4.56. The predicted molar refractivity (Wildman–Crippen MR) is 83.8 cm³/mol. The quantitative estimate of drug-likeness (QED) is 0.870. The fourth-order valence-corrected chi connectivity index (χ4v) is 3.39. The van der Waals surface area contributed by atoms with Gasteiger partial charge in [-0.25, -0.2) is 4.98 Å². The third-order valence-corrected chi connectivity index (χ3v) is 4.22. The third kappa shape index (κ3) is 2.68. The van der Waals surface area contributed by atoms with Crippen LogP contribution in [-0.2, 0) is 0 Å². The molecule has 1 heterocycles. The summed E-state index contributed by atoms with van der Waals surface area (Å²) in [5.41, 5.74) is 3.57. The minimum absolute atomic E-state index is 0.431. The maximum Gasteiger partial charge on any atom is 0.183 e. The van der Waals surface area contributed by atoms with Crippen LogP contribution in [0.3, 0.4) is 0 Å². The third-order valence-electron chi connectivity index (χ3n) is 3.11. The first kappa shape index (κ1) is 14.1. The molecule has 0 amide bonds. The first-order valence-electron chi connectivity index (χ1n) is 6.83. The van der Waals surface area contributed by atoms with Gasteiger partial charge in [-0.15, -0.1) is 0 Å². The second-order valence-corrected chi connectivity index (χ2v) is 6.05. The van der Waals surface area contributed by atoms with Gasteiger partial charge in [-0.05, 0) is 30.9 Å². The summed E-state index contributed by atoms with van der Waals surface area (Å²) in [7, 11) is 1.91. The first-order chi connectivity index (χ1) is 9.08. The number of nitrogens with one attached hydrogen (secondary N) is 1. The summed E-state index contributed by atoms with van der Waals surface area (Å²) in [4.78, 5) is 4.65. The van der Waals surface area contributed by atoms with Crippen LogP contribution in [0.25, 0.3) is 10.2 Å². The number of fused-ring (bicyclic) bond motifs is 1. The van der Waals surface area contributed by atoms with Gasteiger partial charge in [0.25, 0.3) is 0 Å². The number of aryl methyl sites for hydroxylation is 1. The van der Waals surface area contributed by atoms with Crippen molar-refractivity contribution in [2.24, 2.45) is 0 Å². The van der Waals surface area contributed by atoms with E-state index in [-0.39, 0.29) is 0 Å². The molecule has 0 fully saturated rings. The molecule has 1 aromatic heterocycles. The van der Waals surface area contributed by atoms with Crippen molar-refractivity contribution in [3.63, 3.8) is 0 Å². The number of thiazole rings is 1. The number of hydrogen-bond acceptors (Lipinski definition) is 4. The van der Waals surface area contributed by atoms with Crippen molar-refractivity contribution in [2.75, 3.05) is 19.0 Å². The largest absolute Gasteiger partial charge is 0.493 e. The molecule has 0 saturated carbocycles. The molecule has 2 aromatic rings. The van der Waals surface area contributed by atoms with E-state index in [0.717, 1.165) is 29.4 Å². The van der Waals surface area contributed by atoms with Gasteiger partial charge in [-0.3, -0.25) is 0 Å². The van der Waals surface area contributed by atoms with Crippen molar-refractivity contribution < 1.29 is 4.74 Å². The Morgan fingerprint density at radius 2 is 2.16 bits per heavy atom. The lowest BCUT2D eigenvalue weighted by Crippen LogP contribution is -2.01. The molecule has 0 bridgehead atoms. The van der Waals surface area contributed by atoms with Crippen LogP contribution in [0.4, 0.5) is 5.13 Å². The van der Waals surface area contributed by atoms with Crippen LogP contribution in [0, 0.1) is 6.92 Å². The van der Waals surface area contributed by atoms with E-state index < -0.39 is 0 Å². The molecule has 0 aliphatic rings. The Bertz CT molecular complexity index is 575. The minimum atomic E-state index is 0.431. The number of ether oxygens (including phenoxy) is 1. The molecular weight excluding hydrogens is 256 g/mol. The van der Waals surface area contributed by atoms with E-state index in [1.165, 1.54) is 15.8 Å². The molecule has 3 nitrogen and oxygen atoms in total. The molecular formula is C15H22N2OS. The summed E-state index contributed by atoms with van der Waals surface area (Å²) >= 11 is 1.71. The van der Waals surface area contributed by atoms with Gasteiger partial charge in [-0.2, -0.15) is 0 Å². The molecule has 0 spiro atoms.